The number of hydrogen-bond acceptors (Lipinski definition) is 3. The van der Waals surface area contributed by atoms with Crippen molar-refractivity contribution in [2.45, 2.75) is 13.2 Å². The van der Waals surface area contributed by atoms with Gasteiger partial charge in [0.15, 0.2) is 0 Å². The van der Waals surface area contributed by atoms with Crippen LogP contribution in [0.25, 0.3) is 0 Å². The number of carbonyl (C=O) groups is 1. The van der Waals surface area contributed by atoms with Crippen molar-refractivity contribution >= 4 is 11.6 Å². The fourth-order valence-electron chi connectivity index (χ4n) is 2.11. The van der Waals surface area contributed by atoms with Crippen LogP contribution < -0.4 is 10.6 Å². The summed E-state index contributed by atoms with van der Waals surface area (Å²) in [4.78, 5) is 11.5. The molecule has 0 unspecified atom stereocenters. The van der Waals surface area contributed by atoms with Gasteiger partial charge in [0.25, 0.3) is 5.91 Å². The molecule has 21 heavy (non-hydrogen) atoms. The van der Waals surface area contributed by atoms with Gasteiger partial charge in [-0.15, -0.1) is 0 Å². The van der Waals surface area contributed by atoms with E-state index < -0.39 is 0 Å². The summed E-state index contributed by atoms with van der Waals surface area (Å²) in [5.74, 6) is -0.0769. The Bertz CT molecular complexity index is 594. The molecule has 110 valence electrons. The lowest BCUT2D eigenvalue weighted by Gasteiger charge is -2.11. The highest BCUT2D eigenvalue weighted by atomic mass is 16.5. The molecule has 0 aromatic heterocycles. The molecule has 2 rings (SSSR count). The molecule has 4 heteroatoms. The van der Waals surface area contributed by atoms with E-state index in [2.05, 4.69) is 22.8 Å². The summed E-state index contributed by atoms with van der Waals surface area (Å²) in [5.41, 5.74) is 4.02. The number of ether oxygens (including phenoxy) is 1. The summed E-state index contributed by atoms with van der Waals surface area (Å²) in [5, 5.41) is 5.96. The third kappa shape index (κ3) is 4.07. The number of anilines is 1. The van der Waals surface area contributed by atoms with Gasteiger partial charge in [-0.2, -0.15) is 0 Å². The van der Waals surface area contributed by atoms with Gasteiger partial charge in [0.05, 0.1) is 6.61 Å². The highest BCUT2D eigenvalue weighted by molar-refractivity contribution is 5.94. The predicted octanol–water partition coefficient (Wildman–Crippen LogP) is 2.80. The van der Waals surface area contributed by atoms with Crippen LogP contribution in [-0.4, -0.2) is 20.1 Å². The third-order valence-electron chi connectivity index (χ3n) is 3.28. The molecule has 0 spiro atoms. The van der Waals surface area contributed by atoms with Crippen LogP contribution in [0.4, 0.5) is 5.69 Å². The van der Waals surface area contributed by atoms with E-state index in [0.717, 1.165) is 12.2 Å². The molecular formula is C17H20N2O2. The van der Waals surface area contributed by atoms with Crippen molar-refractivity contribution in [3.05, 3.63) is 65.2 Å². The van der Waals surface area contributed by atoms with Crippen LogP contribution in [-0.2, 0) is 17.9 Å². The molecule has 2 aromatic carbocycles. The van der Waals surface area contributed by atoms with Crippen molar-refractivity contribution in [2.75, 3.05) is 19.5 Å². The maximum atomic E-state index is 11.5. The van der Waals surface area contributed by atoms with Gasteiger partial charge in [-0.3, -0.25) is 4.79 Å². The van der Waals surface area contributed by atoms with Crippen molar-refractivity contribution < 1.29 is 9.53 Å². The Balaban J connectivity index is 2.01. The first kappa shape index (κ1) is 15.1. The smallest absolute Gasteiger partial charge is 0.251 e. The van der Waals surface area contributed by atoms with E-state index in [1.807, 2.05) is 36.4 Å². The molecule has 0 aliphatic heterocycles. The van der Waals surface area contributed by atoms with Crippen molar-refractivity contribution in [3.63, 3.8) is 0 Å². The fraction of sp³-hybridized carbons (Fsp3) is 0.235. The fourth-order valence-corrected chi connectivity index (χ4v) is 2.11. The molecule has 0 aliphatic carbocycles. The van der Waals surface area contributed by atoms with Gasteiger partial charge in [0, 0.05) is 32.0 Å². The zero-order valence-electron chi connectivity index (χ0n) is 12.3. The van der Waals surface area contributed by atoms with Crippen molar-refractivity contribution in [2.24, 2.45) is 0 Å². The first-order chi connectivity index (χ1) is 10.2. The minimum absolute atomic E-state index is 0.0769. The highest BCUT2D eigenvalue weighted by Gasteiger charge is 2.03. The van der Waals surface area contributed by atoms with Crippen molar-refractivity contribution in [3.8, 4) is 0 Å². The van der Waals surface area contributed by atoms with E-state index in [1.54, 1.807) is 14.2 Å². The normalized spacial score (nSPS) is 10.2. The van der Waals surface area contributed by atoms with Crippen LogP contribution in [0.5, 0.6) is 0 Å². The van der Waals surface area contributed by atoms with Crippen LogP contribution in [0.15, 0.2) is 48.5 Å². The molecule has 0 atom stereocenters. The Morgan fingerprint density at radius 2 is 1.71 bits per heavy atom. The topological polar surface area (TPSA) is 50.4 Å². The molecule has 0 fully saturated rings. The lowest BCUT2D eigenvalue weighted by atomic mass is 10.1. The standard InChI is InChI=1S/C17H20N2O2/c1-18-17(20)13-7-9-16(10-8-13)19-11-14-5-3-4-6-15(14)12-21-2/h3-10,19H,11-12H2,1-2H3,(H,18,20). The van der Waals surface area contributed by atoms with E-state index in [-0.39, 0.29) is 5.91 Å². The Kier molecular flexibility index (Phi) is 5.35. The zero-order valence-corrected chi connectivity index (χ0v) is 12.3. The molecule has 0 heterocycles. The van der Waals surface area contributed by atoms with Gasteiger partial charge in [-0.1, -0.05) is 24.3 Å². The monoisotopic (exact) mass is 284 g/mol. The average molecular weight is 284 g/mol. The summed E-state index contributed by atoms with van der Waals surface area (Å²) in [7, 11) is 3.32. The number of amides is 1. The highest BCUT2D eigenvalue weighted by Crippen LogP contribution is 2.14. The van der Waals surface area contributed by atoms with Gasteiger partial charge in [-0.25, -0.2) is 0 Å². The molecule has 1 amide bonds. The maximum absolute atomic E-state index is 11.5. The molecule has 0 bridgehead atoms. The SMILES string of the molecule is CNC(=O)c1ccc(NCc2ccccc2COC)cc1. The van der Waals surface area contributed by atoms with Crippen molar-refractivity contribution in [1.82, 2.24) is 5.32 Å². The van der Waals surface area contributed by atoms with Crippen molar-refractivity contribution in [1.29, 1.82) is 0 Å². The first-order valence-corrected chi connectivity index (χ1v) is 6.86. The van der Waals surface area contributed by atoms with Crippen LogP contribution in [0.1, 0.15) is 21.5 Å². The Morgan fingerprint density at radius 1 is 1.05 bits per heavy atom. The van der Waals surface area contributed by atoms with E-state index in [0.29, 0.717) is 12.2 Å². The van der Waals surface area contributed by atoms with Gasteiger partial charge in [0.1, 0.15) is 0 Å². The van der Waals surface area contributed by atoms with Crippen LogP contribution in [0.3, 0.4) is 0 Å². The Morgan fingerprint density at radius 3 is 2.33 bits per heavy atom. The number of benzene rings is 2. The molecule has 0 saturated carbocycles. The van der Waals surface area contributed by atoms with Gasteiger partial charge in [0.2, 0.25) is 0 Å². The Labute approximate surface area is 125 Å². The quantitative estimate of drug-likeness (QED) is 0.857. The number of hydrogen-bond donors (Lipinski definition) is 2. The molecule has 0 radical (unpaired) electrons. The average Bonchev–Trinajstić information content (AvgIpc) is 2.54. The molecule has 0 saturated heterocycles. The van der Waals surface area contributed by atoms with Gasteiger partial charge >= 0.3 is 0 Å². The maximum Gasteiger partial charge on any atom is 0.251 e. The number of nitrogens with one attached hydrogen (secondary N) is 2. The minimum atomic E-state index is -0.0769. The molecular weight excluding hydrogens is 264 g/mol. The van der Waals surface area contributed by atoms with Gasteiger partial charge < -0.3 is 15.4 Å². The van der Waals surface area contributed by atoms with Gasteiger partial charge in [-0.05, 0) is 35.4 Å². The lowest BCUT2D eigenvalue weighted by molar-refractivity contribution is 0.0963. The summed E-state index contributed by atoms with van der Waals surface area (Å²) < 4.78 is 5.20. The summed E-state index contributed by atoms with van der Waals surface area (Å²) >= 11 is 0. The van der Waals surface area contributed by atoms with E-state index >= 15 is 0 Å². The largest absolute Gasteiger partial charge is 0.381 e. The first-order valence-electron chi connectivity index (χ1n) is 6.86. The molecule has 4 nitrogen and oxygen atoms in total. The Hall–Kier alpha value is -2.33. The second-order valence-corrected chi connectivity index (χ2v) is 4.71. The number of methoxy groups -OCH3 is 1. The number of carbonyl (C=O) groups excluding carboxylic acids is 1. The summed E-state index contributed by atoms with van der Waals surface area (Å²) in [6, 6.07) is 15.6. The van der Waals surface area contributed by atoms with E-state index in [9.17, 15) is 4.79 Å². The second-order valence-electron chi connectivity index (χ2n) is 4.71. The predicted molar refractivity (Wildman–Crippen MR) is 84.3 cm³/mol. The van der Waals surface area contributed by atoms with E-state index in [1.165, 1.54) is 11.1 Å². The number of rotatable bonds is 6. The zero-order chi connectivity index (χ0) is 15.1. The van der Waals surface area contributed by atoms with Crippen LogP contribution in [0.2, 0.25) is 0 Å². The lowest BCUT2D eigenvalue weighted by Crippen LogP contribution is -2.17. The van der Waals surface area contributed by atoms with E-state index in [4.69, 9.17) is 4.74 Å². The summed E-state index contributed by atoms with van der Waals surface area (Å²) in [6.45, 7) is 1.33. The van der Waals surface area contributed by atoms with Crippen LogP contribution in [0, 0.1) is 0 Å². The second kappa shape index (κ2) is 7.45. The molecule has 2 aromatic rings. The summed E-state index contributed by atoms with van der Waals surface area (Å²) in [6.07, 6.45) is 0. The third-order valence-corrected chi connectivity index (χ3v) is 3.28. The molecule has 2 N–H and O–H groups in total. The molecule has 0 aliphatic rings. The minimum Gasteiger partial charge on any atom is -0.381 e. The van der Waals surface area contributed by atoms with Crippen LogP contribution >= 0.6 is 0 Å².